The second-order valence-corrected chi connectivity index (χ2v) is 5.00. The third-order valence-electron chi connectivity index (χ3n) is 2.49. The van der Waals surface area contributed by atoms with Crippen molar-refractivity contribution in [2.24, 2.45) is 0 Å². The fraction of sp³-hybridized carbons (Fsp3) is 0.250. The molecule has 0 saturated carbocycles. The smallest absolute Gasteiger partial charge is 0.119 e. The SMILES string of the molecule is OCC#Cc1ccc(OCCOCc2cccs2)cc1. The Hall–Kier alpha value is -1.80. The van der Waals surface area contributed by atoms with Crippen molar-refractivity contribution in [2.75, 3.05) is 19.8 Å². The summed E-state index contributed by atoms with van der Waals surface area (Å²) in [6.07, 6.45) is 0. The summed E-state index contributed by atoms with van der Waals surface area (Å²) in [7, 11) is 0. The average molecular weight is 288 g/mol. The lowest BCUT2D eigenvalue weighted by molar-refractivity contribution is 0.0905. The van der Waals surface area contributed by atoms with Crippen LogP contribution in [0.5, 0.6) is 5.75 Å². The van der Waals surface area contributed by atoms with Crippen molar-refractivity contribution in [1.82, 2.24) is 0 Å². The predicted octanol–water partition coefficient (Wildman–Crippen LogP) is 2.69. The molecule has 0 atom stereocenters. The van der Waals surface area contributed by atoms with Crippen LogP contribution in [0, 0.1) is 11.8 Å². The molecule has 0 aliphatic rings. The molecule has 1 aromatic heterocycles. The zero-order chi connectivity index (χ0) is 14.0. The van der Waals surface area contributed by atoms with Gasteiger partial charge in [0, 0.05) is 10.4 Å². The van der Waals surface area contributed by atoms with Crippen molar-refractivity contribution in [3.63, 3.8) is 0 Å². The van der Waals surface area contributed by atoms with Gasteiger partial charge in [0.25, 0.3) is 0 Å². The van der Waals surface area contributed by atoms with Gasteiger partial charge in [-0.05, 0) is 35.7 Å². The number of rotatable bonds is 6. The van der Waals surface area contributed by atoms with Gasteiger partial charge in [0.05, 0.1) is 13.2 Å². The Morgan fingerprint density at radius 1 is 1.10 bits per heavy atom. The third kappa shape index (κ3) is 5.06. The highest BCUT2D eigenvalue weighted by molar-refractivity contribution is 7.09. The van der Waals surface area contributed by atoms with Crippen LogP contribution >= 0.6 is 11.3 Å². The average Bonchev–Trinajstić information content (AvgIpc) is 2.99. The van der Waals surface area contributed by atoms with Crippen LogP contribution in [0.25, 0.3) is 0 Å². The second kappa shape index (κ2) is 8.39. The standard InChI is InChI=1S/C16H16O3S/c17-9-1-3-14-5-7-15(8-6-14)19-11-10-18-13-16-4-2-12-20-16/h2,4-8,12,17H,9-11,13H2. The molecule has 1 heterocycles. The first-order valence-electron chi connectivity index (χ1n) is 6.31. The van der Waals surface area contributed by atoms with E-state index in [9.17, 15) is 0 Å². The quantitative estimate of drug-likeness (QED) is 0.656. The number of aliphatic hydroxyl groups is 1. The maximum absolute atomic E-state index is 8.61. The van der Waals surface area contributed by atoms with Gasteiger partial charge in [0.15, 0.2) is 0 Å². The lowest BCUT2D eigenvalue weighted by atomic mass is 10.2. The Balaban J connectivity index is 1.66. The number of hydrogen-bond acceptors (Lipinski definition) is 4. The highest BCUT2D eigenvalue weighted by Crippen LogP contribution is 2.12. The number of aliphatic hydroxyl groups excluding tert-OH is 1. The van der Waals surface area contributed by atoms with Gasteiger partial charge in [0.1, 0.15) is 19.0 Å². The Kier molecular flexibility index (Phi) is 6.12. The summed E-state index contributed by atoms with van der Waals surface area (Å²) in [5, 5.41) is 10.6. The fourth-order valence-corrected chi connectivity index (χ4v) is 2.20. The molecule has 20 heavy (non-hydrogen) atoms. The topological polar surface area (TPSA) is 38.7 Å². The van der Waals surface area contributed by atoms with E-state index >= 15 is 0 Å². The van der Waals surface area contributed by atoms with E-state index in [1.54, 1.807) is 11.3 Å². The van der Waals surface area contributed by atoms with E-state index < -0.39 is 0 Å². The molecule has 0 fully saturated rings. The molecule has 0 bridgehead atoms. The Morgan fingerprint density at radius 3 is 2.65 bits per heavy atom. The Bertz CT molecular complexity index is 550. The van der Waals surface area contributed by atoms with Gasteiger partial charge in [-0.2, -0.15) is 0 Å². The van der Waals surface area contributed by atoms with E-state index in [2.05, 4.69) is 17.9 Å². The van der Waals surface area contributed by atoms with E-state index in [0.29, 0.717) is 19.8 Å². The lowest BCUT2D eigenvalue weighted by Gasteiger charge is -2.06. The summed E-state index contributed by atoms with van der Waals surface area (Å²) in [6, 6.07) is 11.5. The number of thiophene rings is 1. The molecule has 0 radical (unpaired) electrons. The first kappa shape index (κ1) is 14.6. The molecule has 0 amide bonds. The van der Waals surface area contributed by atoms with Crippen LogP contribution in [-0.2, 0) is 11.3 Å². The first-order chi connectivity index (χ1) is 9.88. The van der Waals surface area contributed by atoms with Crippen LogP contribution < -0.4 is 4.74 Å². The number of hydrogen-bond donors (Lipinski definition) is 1. The van der Waals surface area contributed by atoms with Gasteiger partial charge in [-0.25, -0.2) is 0 Å². The fourth-order valence-electron chi connectivity index (χ4n) is 1.56. The molecule has 104 valence electrons. The Labute approximate surface area is 122 Å². The van der Waals surface area contributed by atoms with Crippen molar-refractivity contribution >= 4 is 11.3 Å². The molecule has 2 aromatic rings. The minimum atomic E-state index is -0.125. The molecule has 4 heteroatoms. The molecule has 0 aliphatic carbocycles. The molecule has 0 spiro atoms. The predicted molar refractivity (Wildman–Crippen MR) is 79.9 cm³/mol. The molecule has 1 aromatic carbocycles. The highest BCUT2D eigenvalue weighted by atomic mass is 32.1. The molecule has 3 nitrogen and oxygen atoms in total. The van der Waals surface area contributed by atoms with Crippen LogP contribution in [0.1, 0.15) is 10.4 Å². The van der Waals surface area contributed by atoms with Crippen LogP contribution in [0.15, 0.2) is 41.8 Å². The van der Waals surface area contributed by atoms with E-state index in [1.165, 1.54) is 4.88 Å². The minimum absolute atomic E-state index is 0.125. The van der Waals surface area contributed by atoms with Crippen molar-refractivity contribution in [3.8, 4) is 17.6 Å². The third-order valence-corrected chi connectivity index (χ3v) is 3.34. The zero-order valence-electron chi connectivity index (χ0n) is 11.0. The van der Waals surface area contributed by atoms with Crippen LogP contribution in [0.2, 0.25) is 0 Å². The van der Waals surface area contributed by atoms with Gasteiger partial charge >= 0.3 is 0 Å². The highest BCUT2D eigenvalue weighted by Gasteiger charge is 1.96. The zero-order valence-corrected chi connectivity index (χ0v) is 11.9. The van der Waals surface area contributed by atoms with Crippen molar-refractivity contribution < 1.29 is 14.6 Å². The van der Waals surface area contributed by atoms with E-state index in [-0.39, 0.29) is 6.61 Å². The minimum Gasteiger partial charge on any atom is -0.491 e. The van der Waals surface area contributed by atoms with Crippen molar-refractivity contribution in [2.45, 2.75) is 6.61 Å². The Morgan fingerprint density at radius 2 is 1.95 bits per heavy atom. The lowest BCUT2D eigenvalue weighted by Crippen LogP contribution is -2.06. The number of ether oxygens (including phenoxy) is 2. The summed E-state index contributed by atoms with van der Waals surface area (Å²) in [4.78, 5) is 1.22. The maximum atomic E-state index is 8.61. The second-order valence-electron chi connectivity index (χ2n) is 3.96. The summed E-state index contributed by atoms with van der Waals surface area (Å²) < 4.78 is 11.1. The van der Waals surface area contributed by atoms with Crippen molar-refractivity contribution in [3.05, 3.63) is 52.2 Å². The molecule has 2 rings (SSSR count). The van der Waals surface area contributed by atoms with E-state index in [1.807, 2.05) is 35.7 Å². The maximum Gasteiger partial charge on any atom is 0.119 e. The first-order valence-corrected chi connectivity index (χ1v) is 7.19. The molecule has 0 saturated heterocycles. The van der Waals surface area contributed by atoms with Crippen LogP contribution in [-0.4, -0.2) is 24.9 Å². The number of benzene rings is 1. The molecule has 0 unspecified atom stereocenters. The van der Waals surface area contributed by atoms with E-state index in [4.69, 9.17) is 14.6 Å². The van der Waals surface area contributed by atoms with Gasteiger partial charge in [-0.3, -0.25) is 0 Å². The van der Waals surface area contributed by atoms with Crippen LogP contribution in [0.3, 0.4) is 0 Å². The molecular formula is C16H16O3S. The normalized spacial score (nSPS) is 9.85. The van der Waals surface area contributed by atoms with Crippen LogP contribution in [0.4, 0.5) is 0 Å². The van der Waals surface area contributed by atoms with Gasteiger partial charge in [-0.15, -0.1) is 11.3 Å². The molecule has 0 aliphatic heterocycles. The monoisotopic (exact) mass is 288 g/mol. The largest absolute Gasteiger partial charge is 0.491 e. The summed E-state index contributed by atoms with van der Waals surface area (Å²) in [5.74, 6) is 6.23. The molecule has 1 N–H and O–H groups in total. The van der Waals surface area contributed by atoms with Crippen molar-refractivity contribution in [1.29, 1.82) is 0 Å². The summed E-state index contributed by atoms with van der Waals surface area (Å²) >= 11 is 1.69. The van der Waals surface area contributed by atoms with Gasteiger partial charge < -0.3 is 14.6 Å². The van der Waals surface area contributed by atoms with E-state index in [0.717, 1.165) is 11.3 Å². The van der Waals surface area contributed by atoms with Gasteiger partial charge in [0.2, 0.25) is 0 Å². The summed E-state index contributed by atoms with van der Waals surface area (Å²) in [6.45, 7) is 1.59. The molecular weight excluding hydrogens is 272 g/mol. The van der Waals surface area contributed by atoms with Gasteiger partial charge in [-0.1, -0.05) is 17.9 Å². The summed E-state index contributed by atoms with van der Waals surface area (Å²) in [5.41, 5.74) is 0.861.